The van der Waals surface area contributed by atoms with Crippen LogP contribution in [0.3, 0.4) is 0 Å². The van der Waals surface area contributed by atoms with Crippen molar-refractivity contribution in [2.45, 2.75) is 26.3 Å². The van der Waals surface area contributed by atoms with Crippen molar-refractivity contribution in [1.29, 1.82) is 0 Å². The molecule has 0 fully saturated rings. The molecule has 0 aliphatic rings. The Kier molecular flexibility index (Phi) is 3.86. The van der Waals surface area contributed by atoms with Crippen molar-refractivity contribution < 1.29 is 9.53 Å². The summed E-state index contributed by atoms with van der Waals surface area (Å²) in [5.41, 5.74) is 9.25. The van der Waals surface area contributed by atoms with Crippen LogP contribution in [0.5, 0.6) is 0 Å². The second-order valence-electron chi connectivity index (χ2n) is 3.69. The maximum atomic E-state index is 11.1. The number of hydrogen-bond donors (Lipinski definition) is 1. The second kappa shape index (κ2) is 4.94. The molecule has 0 amide bonds. The average molecular weight is 207 g/mol. The van der Waals surface area contributed by atoms with E-state index in [4.69, 9.17) is 5.73 Å². The number of esters is 1. The third-order valence-corrected chi connectivity index (χ3v) is 2.53. The molecule has 1 aromatic rings. The van der Waals surface area contributed by atoms with Crippen molar-refractivity contribution in [1.82, 2.24) is 0 Å². The zero-order valence-corrected chi connectivity index (χ0v) is 9.41. The van der Waals surface area contributed by atoms with Gasteiger partial charge in [0.25, 0.3) is 0 Å². The number of methoxy groups -OCH3 is 1. The van der Waals surface area contributed by atoms with E-state index in [2.05, 4.69) is 4.74 Å². The van der Waals surface area contributed by atoms with Crippen LogP contribution in [0, 0.1) is 13.8 Å². The van der Waals surface area contributed by atoms with E-state index >= 15 is 0 Å². The van der Waals surface area contributed by atoms with Gasteiger partial charge in [0.2, 0.25) is 0 Å². The molecule has 1 rings (SSSR count). The summed E-state index contributed by atoms with van der Waals surface area (Å²) in [6.45, 7) is 4.00. The fraction of sp³-hybridized carbons (Fsp3) is 0.417. The Hall–Kier alpha value is -1.35. The molecular weight excluding hydrogens is 190 g/mol. The van der Waals surface area contributed by atoms with Crippen LogP contribution in [0.4, 0.5) is 0 Å². The van der Waals surface area contributed by atoms with Crippen molar-refractivity contribution in [2.75, 3.05) is 7.11 Å². The fourth-order valence-corrected chi connectivity index (χ4v) is 1.78. The molecule has 0 unspecified atom stereocenters. The summed E-state index contributed by atoms with van der Waals surface area (Å²) >= 11 is 0. The van der Waals surface area contributed by atoms with Gasteiger partial charge in [-0.3, -0.25) is 4.79 Å². The van der Waals surface area contributed by atoms with Crippen molar-refractivity contribution in [2.24, 2.45) is 5.73 Å². The lowest BCUT2D eigenvalue weighted by Gasteiger charge is -2.16. The van der Waals surface area contributed by atoms with Crippen LogP contribution >= 0.6 is 0 Å². The summed E-state index contributed by atoms with van der Waals surface area (Å²) in [5.74, 6) is -0.273. The summed E-state index contributed by atoms with van der Waals surface area (Å²) in [6.07, 6.45) is 0.224. The molecule has 0 saturated heterocycles. The molecule has 3 heteroatoms. The lowest BCUT2D eigenvalue weighted by molar-refractivity contribution is -0.141. The van der Waals surface area contributed by atoms with Crippen LogP contribution in [-0.2, 0) is 9.53 Å². The smallest absolute Gasteiger partial charge is 0.307 e. The molecule has 0 bridgehead atoms. The van der Waals surface area contributed by atoms with Crippen LogP contribution in [0.1, 0.15) is 29.2 Å². The Bertz CT molecular complexity index is 340. The first-order valence-electron chi connectivity index (χ1n) is 4.94. The highest BCUT2D eigenvalue weighted by molar-refractivity contribution is 5.70. The van der Waals surface area contributed by atoms with Gasteiger partial charge in [-0.15, -0.1) is 0 Å². The number of hydrogen-bond acceptors (Lipinski definition) is 3. The van der Waals surface area contributed by atoms with Crippen LogP contribution in [0.25, 0.3) is 0 Å². The lowest BCUT2D eigenvalue weighted by atomic mass is 9.95. The van der Waals surface area contributed by atoms with Crippen molar-refractivity contribution >= 4 is 5.97 Å². The first-order valence-corrected chi connectivity index (χ1v) is 4.94. The second-order valence-corrected chi connectivity index (χ2v) is 3.69. The van der Waals surface area contributed by atoms with E-state index in [9.17, 15) is 4.79 Å². The highest BCUT2D eigenvalue weighted by atomic mass is 16.5. The van der Waals surface area contributed by atoms with E-state index in [0.717, 1.165) is 16.7 Å². The Balaban J connectivity index is 2.90. The summed E-state index contributed by atoms with van der Waals surface area (Å²) in [4.78, 5) is 11.1. The topological polar surface area (TPSA) is 52.3 Å². The molecule has 1 atom stereocenters. The number of ether oxygens (including phenoxy) is 1. The monoisotopic (exact) mass is 207 g/mol. The van der Waals surface area contributed by atoms with Crippen LogP contribution in [0.15, 0.2) is 18.2 Å². The summed E-state index contributed by atoms with van der Waals surface area (Å²) < 4.78 is 4.60. The normalized spacial score (nSPS) is 12.3. The van der Waals surface area contributed by atoms with Crippen molar-refractivity contribution in [3.05, 3.63) is 34.9 Å². The molecule has 0 aliphatic carbocycles. The maximum Gasteiger partial charge on any atom is 0.307 e. The quantitative estimate of drug-likeness (QED) is 0.770. The summed E-state index contributed by atoms with van der Waals surface area (Å²) in [5, 5.41) is 0. The number of rotatable bonds is 3. The SMILES string of the molecule is COC(=O)C[C@@H](N)c1c(C)cccc1C. The number of nitrogens with two attached hydrogens (primary N) is 1. The molecule has 0 aliphatic heterocycles. The van der Waals surface area contributed by atoms with Gasteiger partial charge in [0.1, 0.15) is 0 Å². The zero-order chi connectivity index (χ0) is 11.4. The number of benzene rings is 1. The number of carbonyl (C=O) groups excluding carboxylic acids is 1. The molecule has 82 valence electrons. The van der Waals surface area contributed by atoms with Gasteiger partial charge in [-0.2, -0.15) is 0 Å². The molecule has 15 heavy (non-hydrogen) atoms. The van der Waals surface area contributed by atoms with E-state index in [1.54, 1.807) is 0 Å². The van der Waals surface area contributed by atoms with E-state index < -0.39 is 0 Å². The molecule has 1 aromatic carbocycles. The molecule has 0 radical (unpaired) electrons. The van der Waals surface area contributed by atoms with Gasteiger partial charge in [0.15, 0.2) is 0 Å². The lowest BCUT2D eigenvalue weighted by Crippen LogP contribution is -2.18. The molecule has 0 heterocycles. The van der Waals surface area contributed by atoms with Crippen LogP contribution < -0.4 is 5.73 Å². The summed E-state index contributed by atoms with van der Waals surface area (Å²) in [6, 6.07) is 5.71. The van der Waals surface area contributed by atoms with E-state index in [0.29, 0.717) is 0 Å². The fourth-order valence-electron chi connectivity index (χ4n) is 1.78. The van der Waals surface area contributed by atoms with Gasteiger partial charge in [-0.05, 0) is 30.5 Å². The first kappa shape index (κ1) is 11.7. The molecule has 0 aromatic heterocycles. The van der Waals surface area contributed by atoms with Crippen molar-refractivity contribution in [3.8, 4) is 0 Å². The maximum absolute atomic E-state index is 11.1. The third-order valence-electron chi connectivity index (χ3n) is 2.53. The molecular formula is C12H17NO2. The van der Waals surface area contributed by atoms with Gasteiger partial charge < -0.3 is 10.5 Å². The molecule has 2 N–H and O–H groups in total. The standard InChI is InChI=1S/C12H17NO2/c1-8-5-4-6-9(2)12(8)10(13)7-11(14)15-3/h4-6,10H,7,13H2,1-3H3/t10-/m1/s1. The molecule has 3 nitrogen and oxygen atoms in total. The summed E-state index contributed by atoms with van der Waals surface area (Å²) in [7, 11) is 1.37. The zero-order valence-electron chi connectivity index (χ0n) is 9.41. The Morgan fingerprint density at radius 3 is 2.40 bits per heavy atom. The minimum absolute atomic E-state index is 0.224. The third kappa shape index (κ3) is 2.80. The van der Waals surface area contributed by atoms with Crippen LogP contribution in [-0.4, -0.2) is 13.1 Å². The van der Waals surface area contributed by atoms with E-state index in [1.807, 2.05) is 32.0 Å². The van der Waals surface area contributed by atoms with Gasteiger partial charge >= 0.3 is 5.97 Å². The first-order chi connectivity index (χ1) is 7.06. The minimum Gasteiger partial charge on any atom is -0.469 e. The largest absolute Gasteiger partial charge is 0.469 e. The highest BCUT2D eigenvalue weighted by Crippen LogP contribution is 2.22. The Morgan fingerprint density at radius 2 is 1.93 bits per heavy atom. The van der Waals surface area contributed by atoms with Gasteiger partial charge in [-0.1, -0.05) is 18.2 Å². The average Bonchev–Trinajstić information content (AvgIpc) is 2.17. The Labute approximate surface area is 90.2 Å². The predicted molar refractivity (Wildman–Crippen MR) is 59.5 cm³/mol. The van der Waals surface area contributed by atoms with E-state index in [-0.39, 0.29) is 18.4 Å². The number of aryl methyl sites for hydroxylation is 2. The van der Waals surface area contributed by atoms with Gasteiger partial charge in [-0.25, -0.2) is 0 Å². The predicted octanol–water partition coefficient (Wildman–Crippen LogP) is 1.87. The van der Waals surface area contributed by atoms with Gasteiger partial charge in [0, 0.05) is 6.04 Å². The van der Waals surface area contributed by atoms with Gasteiger partial charge in [0.05, 0.1) is 13.5 Å². The number of carbonyl (C=O) groups is 1. The molecule has 0 saturated carbocycles. The Morgan fingerprint density at radius 1 is 1.40 bits per heavy atom. The van der Waals surface area contributed by atoms with E-state index in [1.165, 1.54) is 7.11 Å². The van der Waals surface area contributed by atoms with Crippen LogP contribution in [0.2, 0.25) is 0 Å². The van der Waals surface area contributed by atoms with Crippen molar-refractivity contribution in [3.63, 3.8) is 0 Å². The minimum atomic E-state index is -0.279. The highest BCUT2D eigenvalue weighted by Gasteiger charge is 2.15. The molecule has 0 spiro atoms.